The lowest BCUT2D eigenvalue weighted by Gasteiger charge is -2.04. The van der Waals surface area contributed by atoms with Crippen molar-refractivity contribution in [3.8, 4) is 6.07 Å². The fraction of sp³-hybridized carbons (Fsp3) is 0.182. The molecule has 0 unspecified atom stereocenters. The molecule has 0 spiro atoms. The zero-order valence-electron chi connectivity index (χ0n) is 8.89. The molecule has 0 amide bonds. The van der Waals surface area contributed by atoms with Crippen molar-refractivity contribution in [1.29, 1.82) is 5.26 Å². The van der Waals surface area contributed by atoms with E-state index >= 15 is 0 Å². The molecule has 2 rings (SSSR count). The van der Waals surface area contributed by atoms with Gasteiger partial charge in [-0.15, -0.1) is 0 Å². The predicted octanol–water partition coefficient (Wildman–Crippen LogP) is 3.18. The van der Waals surface area contributed by atoms with Crippen LogP contribution >= 0.6 is 23.3 Å². The molecule has 0 saturated heterocycles. The summed E-state index contributed by atoms with van der Waals surface area (Å²) in [6.07, 6.45) is 0. The maximum Gasteiger partial charge on any atom is 0.174 e. The Balaban J connectivity index is 2.38. The molecule has 5 heteroatoms. The van der Waals surface area contributed by atoms with Crippen molar-refractivity contribution in [3.05, 3.63) is 35.2 Å². The Morgan fingerprint density at radius 3 is 2.81 bits per heavy atom. The highest BCUT2D eigenvalue weighted by molar-refractivity contribution is 8.01. The van der Waals surface area contributed by atoms with Crippen LogP contribution in [0.1, 0.15) is 17.0 Å². The molecule has 0 aliphatic heterocycles. The average Bonchev–Trinajstić information content (AvgIpc) is 2.67. The van der Waals surface area contributed by atoms with Crippen LogP contribution in [0.2, 0.25) is 0 Å². The molecule has 1 aromatic heterocycles. The van der Waals surface area contributed by atoms with E-state index in [4.69, 9.17) is 5.26 Å². The van der Waals surface area contributed by atoms with Crippen LogP contribution in [0.15, 0.2) is 27.4 Å². The zero-order chi connectivity index (χ0) is 11.5. The summed E-state index contributed by atoms with van der Waals surface area (Å²) < 4.78 is 5.00. The summed E-state index contributed by atoms with van der Waals surface area (Å²) in [7, 11) is 0. The SMILES string of the molecule is Cc1nsc(Sc2c(C)cccc2C#N)n1. The van der Waals surface area contributed by atoms with Gasteiger partial charge in [0.15, 0.2) is 4.34 Å². The number of aromatic nitrogens is 2. The van der Waals surface area contributed by atoms with Crippen molar-refractivity contribution >= 4 is 23.3 Å². The summed E-state index contributed by atoms with van der Waals surface area (Å²) in [5, 5.41) is 9.03. The van der Waals surface area contributed by atoms with E-state index in [1.807, 2.05) is 32.0 Å². The monoisotopic (exact) mass is 247 g/mol. The summed E-state index contributed by atoms with van der Waals surface area (Å²) in [6.45, 7) is 3.86. The van der Waals surface area contributed by atoms with E-state index in [1.54, 1.807) is 0 Å². The van der Waals surface area contributed by atoms with Crippen molar-refractivity contribution in [1.82, 2.24) is 9.36 Å². The lowest BCUT2D eigenvalue weighted by Crippen LogP contribution is -1.85. The van der Waals surface area contributed by atoms with Gasteiger partial charge in [0.2, 0.25) is 0 Å². The molecule has 0 bridgehead atoms. The van der Waals surface area contributed by atoms with Crippen molar-refractivity contribution in [2.24, 2.45) is 0 Å². The Hall–Kier alpha value is -1.38. The third kappa shape index (κ3) is 2.23. The van der Waals surface area contributed by atoms with Crippen LogP contribution in [-0.2, 0) is 0 Å². The Morgan fingerprint density at radius 2 is 2.19 bits per heavy atom. The Labute approximate surface area is 102 Å². The molecule has 1 aromatic carbocycles. The molecule has 3 nitrogen and oxygen atoms in total. The van der Waals surface area contributed by atoms with Gasteiger partial charge in [0, 0.05) is 4.90 Å². The molecular weight excluding hydrogens is 238 g/mol. The normalized spacial score (nSPS) is 10.1. The first-order valence-electron chi connectivity index (χ1n) is 4.68. The number of aryl methyl sites for hydroxylation is 2. The Kier molecular flexibility index (Phi) is 3.22. The second-order valence-electron chi connectivity index (χ2n) is 3.27. The van der Waals surface area contributed by atoms with Crippen LogP contribution in [0.3, 0.4) is 0 Å². The second kappa shape index (κ2) is 4.64. The van der Waals surface area contributed by atoms with Gasteiger partial charge in [-0.3, -0.25) is 0 Å². The molecule has 0 N–H and O–H groups in total. The fourth-order valence-electron chi connectivity index (χ4n) is 1.28. The van der Waals surface area contributed by atoms with Gasteiger partial charge in [-0.2, -0.15) is 9.64 Å². The second-order valence-corrected chi connectivity index (χ2v) is 5.28. The summed E-state index contributed by atoms with van der Waals surface area (Å²) >= 11 is 2.87. The predicted molar refractivity (Wildman–Crippen MR) is 64.7 cm³/mol. The number of hydrogen-bond donors (Lipinski definition) is 0. The highest BCUT2D eigenvalue weighted by Gasteiger charge is 2.09. The van der Waals surface area contributed by atoms with Crippen molar-refractivity contribution in [2.75, 3.05) is 0 Å². The summed E-state index contributed by atoms with van der Waals surface area (Å²) in [6, 6.07) is 7.91. The van der Waals surface area contributed by atoms with Crippen LogP contribution in [0, 0.1) is 25.2 Å². The number of rotatable bonds is 2. The molecule has 0 radical (unpaired) electrons. The first-order valence-corrected chi connectivity index (χ1v) is 6.27. The lowest BCUT2D eigenvalue weighted by atomic mass is 10.1. The van der Waals surface area contributed by atoms with Gasteiger partial charge >= 0.3 is 0 Å². The highest BCUT2D eigenvalue weighted by atomic mass is 32.2. The molecule has 0 aliphatic carbocycles. The fourth-order valence-corrected chi connectivity index (χ4v) is 3.02. The largest absolute Gasteiger partial charge is 0.213 e. The maximum absolute atomic E-state index is 9.03. The van der Waals surface area contributed by atoms with Gasteiger partial charge < -0.3 is 0 Å². The van der Waals surface area contributed by atoms with Crippen LogP contribution < -0.4 is 0 Å². The van der Waals surface area contributed by atoms with Crippen LogP contribution in [0.25, 0.3) is 0 Å². The van der Waals surface area contributed by atoms with Crippen LogP contribution in [0.5, 0.6) is 0 Å². The molecule has 80 valence electrons. The van der Waals surface area contributed by atoms with Gasteiger partial charge in [-0.1, -0.05) is 23.9 Å². The van der Waals surface area contributed by atoms with E-state index in [-0.39, 0.29) is 0 Å². The molecule has 0 saturated carbocycles. The first-order chi connectivity index (χ1) is 7.70. The molecular formula is C11H9N3S2. The van der Waals surface area contributed by atoms with E-state index in [0.717, 1.165) is 20.6 Å². The molecule has 0 aliphatic rings. The molecule has 2 aromatic rings. The maximum atomic E-state index is 9.03. The Morgan fingerprint density at radius 1 is 1.38 bits per heavy atom. The van der Waals surface area contributed by atoms with Crippen molar-refractivity contribution in [3.63, 3.8) is 0 Å². The third-order valence-electron chi connectivity index (χ3n) is 2.03. The van der Waals surface area contributed by atoms with Gasteiger partial charge in [0.1, 0.15) is 11.9 Å². The number of benzene rings is 1. The van der Waals surface area contributed by atoms with E-state index in [9.17, 15) is 0 Å². The Bertz CT molecular complexity index is 555. The summed E-state index contributed by atoms with van der Waals surface area (Å²) in [4.78, 5) is 5.26. The van der Waals surface area contributed by atoms with Crippen molar-refractivity contribution in [2.45, 2.75) is 23.1 Å². The molecule has 16 heavy (non-hydrogen) atoms. The number of nitrogens with zero attached hydrogens (tertiary/aromatic N) is 3. The topological polar surface area (TPSA) is 49.6 Å². The third-order valence-corrected chi connectivity index (χ3v) is 4.12. The van der Waals surface area contributed by atoms with E-state index in [2.05, 4.69) is 15.4 Å². The minimum absolute atomic E-state index is 0.692. The lowest BCUT2D eigenvalue weighted by molar-refractivity contribution is 1.10. The summed E-state index contributed by atoms with van der Waals surface area (Å²) in [5.41, 5.74) is 1.79. The average molecular weight is 247 g/mol. The van der Waals surface area contributed by atoms with Crippen molar-refractivity contribution < 1.29 is 0 Å². The number of hydrogen-bond acceptors (Lipinski definition) is 5. The zero-order valence-corrected chi connectivity index (χ0v) is 10.5. The quantitative estimate of drug-likeness (QED) is 0.817. The minimum Gasteiger partial charge on any atom is -0.213 e. The van der Waals surface area contributed by atoms with Crippen LogP contribution in [0.4, 0.5) is 0 Å². The summed E-state index contributed by atoms with van der Waals surface area (Å²) in [5.74, 6) is 0.777. The van der Waals surface area contributed by atoms with E-state index < -0.39 is 0 Å². The van der Waals surface area contributed by atoms with Crippen LogP contribution in [-0.4, -0.2) is 9.36 Å². The molecule has 0 fully saturated rings. The van der Waals surface area contributed by atoms with Gasteiger partial charge in [0.25, 0.3) is 0 Å². The van der Waals surface area contributed by atoms with E-state index in [0.29, 0.717) is 5.56 Å². The molecule has 1 heterocycles. The minimum atomic E-state index is 0.692. The van der Waals surface area contributed by atoms with Gasteiger partial charge in [-0.05, 0) is 37.0 Å². The number of nitriles is 1. The van der Waals surface area contributed by atoms with Gasteiger partial charge in [0.05, 0.1) is 5.56 Å². The first kappa shape index (κ1) is 11.1. The van der Waals surface area contributed by atoms with E-state index in [1.165, 1.54) is 23.3 Å². The smallest absolute Gasteiger partial charge is 0.174 e. The highest BCUT2D eigenvalue weighted by Crippen LogP contribution is 2.33. The molecule has 0 atom stereocenters. The van der Waals surface area contributed by atoms with Gasteiger partial charge in [-0.25, -0.2) is 4.98 Å². The standard InChI is InChI=1S/C11H9N3S2/c1-7-4-3-5-9(6-12)10(7)15-11-13-8(2)14-16-11/h3-5H,1-2H3.